The first-order valence-electron chi connectivity index (χ1n) is 8.95. The molecule has 0 bridgehead atoms. The summed E-state index contributed by atoms with van der Waals surface area (Å²) in [6.45, 7) is 2.17. The first-order chi connectivity index (χ1) is 14.0. The predicted molar refractivity (Wildman–Crippen MR) is 108 cm³/mol. The van der Waals surface area contributed by atoms with Gasteiger partial charge in [0, 0.05) is 12.8 Å². The maximum atomic E-state index is 12.0. The van der Waals surface area contributed by atoms with Gasteiger partial charge in [-0.1, -0.05) is 35.4 Å². The second kappa shape index (κ2) is 10.1. The summed E-state index contributed by atoms with van der Waals surface area (Å²) in [6, 6.07) is 11.9. The Balaban J connectivity index is 1.78. The molecule has 30 heavy (non-hydrogen) atoms. The van der Waals surface area contributed by atoms with Gasteiger partial charge in [-0.2, -0.15) is 16.8 Å². The van der Waals surface area contributed by atoms with Crippen LogP contribution < -0.4 is 0 Å². The molecule has 2 aromatic rings. The van der Waals surface area contributed by atoms with Crippen LogP contribution in [-0.4, -0.2) is 41.6 Å². The highest BCUT2D eigenvalue weighted by Gasteiger charge is 2.19. The van der Waals surface area contributed by atoms with Crippen LogP contribution in [0.1, 0.15) is 24.0 Å². The maximum absolute atomic E-state index is 12.0. The minimum atomic E-state index is -4.08. The van der Waals surface area contributed by atoms with Gasteiger partial charge in [0.2, 0.25) is 0 Å². The number of rotatable bonds is 11. The van der Waals surface area contributed by atoms with Crippen LogP contribution in [0.3, 0.4) is 0 Å². The van der Waals surface area contributed by atoms with E-state index in [0.717, 1.165) is 11.1 Å². The minimum Gasteiger partial charge on any atom is -0.297 e. The molecule has 0 spiro atoms. The lowest BCUT2D eigenvalue weighted by molar-refractivity contribution is -0.126. The standard InChI is InChI=1S/C20H22O8S2/c1-15-3-9-19(10-4-15)29(23,24)27-13-17(21)7-8-18(22)14-28-30(25,26)20-11-5-16(2)6-12-20/h3-6,9-12H,7-8,13-14H2,1-2H3. The molecular weight excluding hydrogens is 432 g/mol. The van der Waals surface area contributed by atoms with Gasteiger partial charge in [0.25, 0.3) is 20.2 Å². The van der Waals surface area contributed by atoms with Crippen LogP contribution in [0, 0.1) is 13.8 Å². The van der Waals surface area contributed by atoms with E-state index in [1.54, 1.807) is 38.1 Å². The molecule has 0 radical (unpaired) electrons. The fourth-order valence-corrected chi connectivity index (χ4v) is 4.04. The number of ketones is 2. The van der Waals surface area contributed by atoms with Crippen molar-refractivity contribution >= 4 is 31.8 Å². The number of hydrogen-bond donors (Lipinski definition) is 0. The summed E-state index contributed by atoms with van der Waals surface area (Å²) >= 11 is 0. The molecule has 0 N–H and O–H groups in total. The van der Waals surface area contributed by atoms with Gasteiger partial charge in [-0.25, -0.2) is 0 Å². The number of aryl methyl sites for hydroxylation is 2. The molecule has 8 nitrogen and oxygen atoms in total. The number of benzene rings is 2. The van der Waals surface area contributed by atoms with Crippen molar-refractivity contribution in [3.63, 3.8) is 0 Å². The zero-order valence-electron chi connectivity index (χ0n) is 16.5. The van der Waals surface area contributed by atoms with E-state index in [1.165, 1.54) is 24.3 Å². The molecule has 0 aliphatic heterocycles. The molecule has 0 aromatic heterocycles. The molecule has 0 aliphatic carbocycles. The average molecular weight is 455 g/mol. The summed E-state index contributed by atoms with van der Waals surface area (Å²) in [6.07, 6.45) is -0.591. The number of carbonyl (C=O) groups excluding carboxylic acids is 2. The zero-order chi connectivity index (χ0) is 22.4. The van der Waals surface area contributed by atoms with Crippen LogP contribution in [-0.2, 0) is 38.2 Å². The molecule has 2 aromatic carbocycles. The fourth-order valence-electron chi connectivity index (χ4n) is 2.26. The van der Waals surface area contributed by atoms with Gasteiger partial charge in [0.05, 0.1) is 9.79 Å². The highest BCUT2D eigenvalue weighted by molar-refractivity contribution is 7.87. The Kier molecular flexibility index (Phi) is 8.02. The van der Waals surface area contributed by atoms with E-state index in [-0.39, 0.29) is 22.6 Å². The molecule has 0 saturated heterocycles. The molecule has 10 heteroatoms. The number of Topliss-reactive ketones (excluding diaryl/α,β-unsaturated/α-hetero) is 2. The lowest BCUT2D eigenvalue weighted by Crippen LogP contribution is -2.18. The Hall–Kier alpha value is -2.40. The SMILES string of the molecule is Cc1ccc(S(=O)(=O)OCC(=O)CCC(=O)COS(=O)(=O)c2ccc(C)cc2)cc1. The second-order valence-corrected chi connectivity index (χ2v) is 9.87. The summed E-state index contributed by atoms with van der Waals surface area (Å²) in [7, 11) is -8.17. The molecule has 0 atom stereocenters. The van der Waals surface area contributed by atoms with E-state index in [4.69, 9.17) is 8.37 Å². The number of carbonyl (C=O) groups is 2. The normalized spacial score (nSPS) is 11.9. The second-order valence-electron chi connectivity index (χ2n) is 6.64. The lowest BCUT2D eigenvalue weighted by atomic mass is 10.2. The Morgan fingerprint density at radius 3 is 1.23 bits per heavy atom. The van der Waals surface area contributed by atoms with E-state index in [2.05, 4.69) is 0 Å². The highest BCUT2D eigenvalue weighted by Crippen LogP contribution is 2.15. The van der Waals surface area contributed by atoms with Crippen molar-refractivity contribution in [3.8, 4) is 0 Å². The predicted octanol–water partition coefficient (Wildman–Crippen LogP) is 2.33. The minimum absolute atomic E-state index is 0.0771. The molecule has 0 fully saturated rings. The van der Waals surface area contributed by atoms with Gasteiger partial charge in [-0.3, -0.25) is 18.0 Å². The van der Waals surface area contributed by atoms with Crippen molar-refractivity contribution in [2.75, 3.05) is 13.2 Å². The van der Waals surface area contributed by atoms with Crippen LogP contribution in [0.15, 0.2) is 58.3 Å². The third-order valence-electron chi connectivity index (χ3n) is 4.05. The smallest absolute Gasteiger partial charge is 0.297 e. The lowest BCUT2D eigenvalue weighted by Gasteiger charge is -2.07. The Morgan fingerprint density at radius 1 is 0.633 bits per heavy atom. The summed E-state index contributed by atoms with van der Waals surface area (Å²) in [5, 5.41) is 0. The van der Waals surface area contributed by atoms with Gasteiger partial charge in [0.1, 0.15) is 13.2 Å². The molecule has 0 amide bonds. The maximum Gasteiger partial charge on any atom is 0.297 e. The van der Waals surface area contributed by atoms with Crippen LogP contribution in [0.25, 0.3) is 0 Å². The molecule has 0 saturated carbocycles. The first-order valence-corrected chi connectivity index (χ1v) is 11.8. The van der Waals surface area contributed by atoms with Crippen LogP contribution >= 0.6 is 0 Å². The van der Waals surface area contributed by atoms with Crippen LogP contribution in [0.2, 0.25) is 0 Å². The summed E-state index contributed by atoms with van der Waals surface area (Å²) in [4.78, 5) is 23.5. The van der Waals surface area contributed by atoms with Crippen molar-refractivity contribution < 1.29 is 34.8 Å². The van der Waals surface area contributed by atoms with Crippen molar-refractivity contribution in [2.24, 2.45) is 0 Å². The molecule has 0 heterocycles. The summed E-state index contributed by atoms with van der Waals surface area (Å²) in [5.41, 5.74) is 1.74. The van der Waals surface area contributed by atoms with Crippen molar-refractivity contribution in [3.05, 3.63) is 59.7 Å². The largest absolute Gasteiger partial charge is 0.297 e. The third kappa shape index (κ3) is 7.13. The van der Waals surface area contributed by atoms with Crippen molar-refractivity contribution in [2.45, 2.75) is 36.5 Å². The Bertz CT molecular complexity index is 1010. The number of hydrogen-bond acceptors (Lipinski definition) is 8. The Morgan fingerprint density at radius 2 is 0.933 bits per heavy atom. The van der Waals surface area contributed by atoms with E-state index < -0.39 is 45.0 Å². The van der Waals surface area contributed by atoms with Crippen LogP contribution in [0.4, 0.5) is 0 Å². The van der Waals surface area contributed by atoms with Crippen molar-refractivity contribution in [1.29, 1.82) is 0 Å². The summed E-state index contributed by atoms with van der Waals surface area (Å²) < 4.78 is 57.5. The molecule has 0 unspecified atom stereocenters. The molecule has 162 valence electrons. The molecule has 2 rings (SSSR count). The average Bonchev–Trinajstić information content (AvgIpc) is 2.70. The highest BCUT2D eigenvalue weighted by atomic mass is 32.2. The third-order valence-corrected chi connectivity index (χ3v) is 6.61. The summed E-state index contributed by atoms with van der Waals surface area (Å²) in [5.74, 6) is -1.22. The van der Waals surface area contributed by atoms with Gasteiger partial charge in [-0.15, -0.1) is 0 Å². The Labute approximate surface area is 176 Å². The van der Waals surface area contributed by atoms with E-state index >= 15 is 0 Å². The topological polar surface area (TPSA) is 121 Å². The van der Waals surface area contributed by atoms with Gasteiger partial charge < -0.3 is 0 Å². The van der Waals surface area contributed by atoms with Crippen molar-refractivity contribution in [1.82, 2.24) is 0 Å². The monoisotopic (exact) mass is 454 g/mol. The van der Waals surface area contributed by atoms with Crippen LogP contribution in [0.5, 0.6) is 0 Å². The molecule has 0 aliphatic rings. The first kappa shape index (κ1) is 23.9. The van der Waals surface area contributed by atoms with E-state index in [1.807, 2.05) is 0 Å². The van der Waals surface area contributed by atoms with Gasteiger partial charge in [0.15, 0.2) is 11.6 Å². The fraction of sp³-hybridized carbons (Fsp3) is 0.300. The van der Waals surface area contributed by atoms with E-state index in [9.17, 15) is 26.4 Å². The van der Waals surface area contributed by atoms with E-state index in [0.29, 0.717) is 0 Å². The quantitative estimate of drug-likeness (QED) is 0.474. The van der Waals surface area contributed by atoms with Gasteiger partial charge in [-0.05, 0) is 38.1 Å². The molecular formula is C20H22O8S2. The van der Waals surface area contributed by atoms with Gasteiger partial charge >= 0.3 is 0 Å². The zero-order valence-corrected chi connectivity index (χ0v) is 18.2.